The first kappa shape index (κ1) is 8.14. The molecule has 0 spiro atoms. The van der Waals surface area contributed by atoms with Gasteiger partial charge in [-0.2, -0.15) is 0 Å². The van der Waals surface area contributed by atoms with E-state index in [0.717, 1.165) is 0 Å². The van der Waals surface area contributed by atoms with Crippen LogP contribution in [0.4, 0.5) is 0 Å². The van der Waals surface area contributed by atoms with Gasteiger partial charge in [0.05, 0.1) is 0 Å². The highest BCUT2D eigenvalue weighted by atomic mass is 35.5. The van der Waals surface area contributed by atoms with Gasteiger partial charge in [-0.05, 0) is 12.1 Å². The molecule has 4 heteroatoms. The van der Waals surface area contributed by atoms with Gasteiger partial charge >= 0.3 is 0 Å². The Morgan fingerprint density at radius 1 is 1.55 bits per heavy atom. The SMILES string of the molecule is [B]c1cc(C(N)=O)ccc1Cl. The number of carbonyl (C=O) groups is 1. The lowest BCUT2D eigenvalue weighted by Gasteiger charge is -1.99. The van der Waals surface area contributed by atoms with E-state index in [1.165, 1.54) is 18.2 Å². The number of nitrogens with two attached hydrogens (primary N) is 1. The van der Waals surface area contributed by atoms with Gasteiger partial charge in [0.15, 0.2) is 0 Å². The van der Waals surface area contributed by atoms with Crippen molar-refractivity contribution in [1.29, 1.82) is 0 Å². The van der Waals surface area contributed by atoms with Gasteiger partial charge in [-0.3, -0.25) is 4.79 Å². The van der Waals surface area contributed by atoms with Crippen LogP contribution in [0.5, 0.6) is 0 Å². The molecule has 0 saturated carbocycles. The molecule has 0 saturated heterocycles. The Morgan fingerprint density at radius 2 is 2.18 bits per heavy atom. The maximum Gasteiger partial charge on any atom is 0.248 e. The zero-order valence-corrected chi connectivity index (χ0v) is 6.43. The molecule has 0 aliphatic carbocycles. The predicted octanol–water partition coefficient (Wildman–Crippen LogP) is 0.233. The van der Waals surface area contributed by atoms with Crippen LogP contribution in [0.1, 0.15) is 10.4 Å². The number of amides is 1. The fourth-order valence-electron chi connectivity index (χ4n) is 0.697. The van der Waals surface area contributed by atoms with E-state index >= 15 is 0 Å². The van der Waals surface area contributed by atoms with Gasteiger partial charge in [0.1, 0.15) is 7.85 Å². The Balaban J connectivity index is 3.15. The Hall–Kier alpha value is -0.955. The van der Waals surface area contributed by atoms with Crippen LogP contribution < -0.4 is 11.2 Å². The summed E-state index contributed by atoms with van der Waals surface area (Å²) in [4.78, 5) is 10.6. The van der Waals surface area contributed by atoms with Crippen LogP contribution in [-0.4, -0.2) is 13.8 Å². The topological polar surface area (TPSA) is 43.1 Å². The molecule has 11 heavy (non-hydrogen) atoms. The highest BCUT2D eigenvalue weighted by Gasteiger charge is 2.00. The maximum atomic E-state index is 10.6. The highest BCUT2D eigenvalue weighted by molar-refractivity contribution is 6.45. The number of carbonyl (C=O) groups excluding carboxylic acids is 1. The van der Waals surface area contributed by atoms with Crippen LogP contribution in [-0.2, 0) is 0 Å². The molecule has 1 aromatic carbocycles. The minimum atomic E-state index is -0.506. The third-order valence-corrected chi connectivity index (χ3v) is 1.62. The number of hydrogen-bond donors (Lipinski definition) is 1. The van der Waals surface area contributed by atoms with E-state index in [0.29, 0.717) is 16.0 Å². The second kappa shape index (κ2) is 2.97. The van der Waals surface area contributed by atoms with Gasteiger partial charge in [-0.1, -0.05) is 23.1 Å². The second-order valence-corrected chi connectivity index (χ2v) is 2.51. The van der Waals surface area contributed by atoms with Crippen molar-refractivity contribution in [1.82, 2.24) is 0 Å². The molecule has 0 unspecified atom stereocenters. The minimum Gasteiger partial charge on any atom is -0.366 e. The highest BCUT2D eigenvalue weighted by Crippen LogP contribution is 2.05. The largest absolute Gasteiger partial charge is 0.366 e. The minimum absolute atomic E-state index is 0.364. The number of hydrogen-bond acceptors (Lipinski definition) is 1. The molecular formula is C7H5BClNO. The summed E-state index contributed by atoms with van der Waals surface area (Å²) in [6.07, 6.45) is 0. The van der Waals surface area contributed by atoms with Crippen molar-refractivity contribution in [3.05, 3.63) is 28.8 Å². The number of primary amides is 1. The molecule has 0 atom stereocenters. The lowest BCUT2D eigenvalue weighted by molar-refractivity contribution is 0.100. The summed E-state index contributed by atoms with van der Waals surface area (Å²) < 4.78 is 0. The molecule has 1 rings (SSSR count). The van der Waals surface area contributed by atoms with Crippen LogP contribution in [0.2, 0.25) is 5.02 Å². The maximum absolute atomic E-state index is 10.6. The summed E-state index contributed by atoms with van der Waals surface area (Å²) in [5, 5.41) is 0.426. The van der Waals surface area contributed by atoms with E-state index in [9.17, 15) is 4.79 Å². The van der Waals surface area contributed by atoms with E-state index in [2.05, 4.69) is 0 Å². The second-order valence-electron chi connectivity index (χ2n) is 2.10. The molecule has 54 valence electrons. The Kier molecular flexibility index (Phi) is 2.20. The summed E-state index contributed by atoms with van der Waals surface area (Å²) in [6.45, 7) is 0. The molecule has 2 N–H and O–H groups in total. The molecule has 2 radical (unpaired) electrons. The third-order valence-electron chi connectivity index (χ3n) is 1.28. The molecule has 1 amide bonds. The van der Waals surface area contributed by atoms with Gasteiger partial charge in [0, 0.05) is 10.6 Å². The Morgan fingerprint density at radius 3 is 2.64 bits per heavy atom. The van der Waals surface area contributed by atoms with Crippen LogP contribution in [0, 0.1) is 0 Å². The molecule has 2 nitrogen and oxygen atoms in total. The van der Waals surface area contributed by atoms with Crippen LogP contribution in [0.3, 0.4) is 0 Å². The smallest absolute Gasteiger partial charge is 0.248 e. The molecular weight excluding hydrogens is 160 g/mol. The molecule has 0 aliphatic rings. The van der Waals surface area contributed by atoms with Crippen LogP contribution in [0.25, 0.3) is 0 Å². The molecule has 0 heterocycles. The summed E-state index contributed by atoms with van der Waals surface area (Å²) in [5.41, 5.74) is 5.73. The van der Waals surface area contributed by atoms with E-state index in [1.54, 1.807) is 0 Å². The van der Waals surface area contributed by atoms with Gasteiger partial charge in [0.25, 0.3) is 0 Å². The summed E-state index contributed by atoms with van der Waals surface area (Å²) >= 11 is 5.61. The summed E-state index contributed by atoms with van der Waals surface area (Å²) in [6, 6.07) is 4.52. The number of benzene rings is 1. The normalized spacial score (nSPS) is 9.55. The first-order valence-corrected chi connectivity index (χ1v) is 3.34. The summed E-state index contributed by atoms with van der Waals surface area (Å²) in [5.74, 6) is -0.506. The van der Waals surface area contributed by atoms with Crippen LogP contribution in [0.15, 0.2) is 18.2 Å². The van der Waals surface area contributed by atoms with Crippen molar-refractivity contribution in [2.75, 3.05) is 0 Å². The molecule has 0 aliphatic heterocycles. The molecule has 0 fully saturated rings. The fraction of sp³-hybridized carbons (Fsp3) is 0. The zero-order chi connectivity index (χ0) is 8.43. The number of rotatable bonds is 1. The Labute approximate surface area is 70.8 Å². The van der Waals surface area contributed by atoms with Gasteiger partial charge in [0.2, 0.25) is 5.91 Å². The molecule has 0 bridgehead atoms. The molecule has 1 aromatic rings. The van der Waals surface area contributed by atoms with E-state index in [-0.39, 0.29) is 0 Å². The molecule has 0 aromatic heterocycles. The average Bonchev–Trinajstić information content (AvgIpc) is 1.94. The lowest BCUT2D eigenvalue weighted by Crippen LogP contribution is -2.14. The standard InChI is InChI=1S/C7H5BClNO/c8-5-3-4(7(10)11)1-2-6(5)9/h1-3H,(H2,10,11). The Bertz CT molecular complexity index is 300. The van der Waals surface area contributed by atoms with E-state index in [1.807, 2.05) is 0 Å². The van der Waals surface area contributed by atoms with Crippen LogP contribution >= 0.6 is 11.6 Å². The van der Waals surface area contributed by atoms with Crippen molar-refractivity contribution >= 4 is 30.8 Å². The van der Waals surface area contributed by atoms with E-state index in [4.69, 9.17) is 25.2 Å². The zero-order valence-electron chi connectivity index (χ0n) is 5.67. The van der Waals surface area contributed by atoms with Gasteiger partial charge in [-0.15, -0.1) is 0 Å². The fourth-order valence-corrected chi connectivity index (χ4v) is 0.815. The van der Waals surface area contributed by atoms with Crippen molar-refractivity contribution < 1.29 is 4.79 Å². The van der Waals surface area contributed by atoms with Crippen molar-refractivity contribution in [3.63, 3.8) is 0 Å². The van der Waals surface area contributed by atoms with Gasteiger partial charge in [-0.25, -0.2) is 0 Å². The van der Waals surface area contributed by atoms with Crippen molar-refractivity contribution in [2.45, 2.75) is 0 Å². The quantitative estimate of drug-likeness (QED) is 0.595. The lowest BCUT2D eigenvalue weighted by atomic mass is 9.94. The monoisotopic (exact) mass is 165 g/mol. The first-order valence-electron chi connectivity index (χ1n) is 2.96. The summed E-state index contributed by atoms with van der Waals surface area (Å²) in [7, 11) is 5.42. The first-order chi connectivity index (χ1) is 5.11. The number of halogens is 1. The van der Waals surface area contributed by atoms with Crippen molar-refractivity contribution in [3.8, 4) is 0 Å². The third kappa shape index (κ3) is 1.74. The van der Waals surface area contributed by atoms with Crippen molar-refractivity contribution in [2.24, 2.45) is 5.73 Å². The van der Waals surface area contributed by atoms with Gasteiger partial charge < -0.3 is 5.73 Å². The van der Waals surface area contributed by atoms with E-state index < -0.39 is 5.91 Å². The predicted molar refractivity (Wildman–Crippen MR) is 45.4 cm³/mol. The average molecular weight is 165 g/mol.